The first-order chi connectivity index (χ1) is 9.74. The number of hydrogen-bond acceptors (Lipinski definition) is 4. The van der Waals surface area contributed by atoms with E-state index < -0.39 is 5.97 Å². The van der Waals surface area contributed by atoms with Crippen LogP contribution in [0.5, 0.6) is 0 Å². The molecule has 2 N–H and O–H groups in total. The van der Waals surface area contributed by atoms with Crippen LogP contribution in [0.3, 0.4) is 0 Å². The lowest BCUT2D eigenvalue weighted by molar-refractivity contribution is 0.0690. The van der Waals surface area contributed by atoms with E-state index in [1.165, 1.54) is 12.3 Å². The number of pyridine rings is 2. The lowest BCUT2D eigenvalue weighted by Gasteiger charge is -2.09. The fourth-order valence-corrected chi connectivity index (χ4v) is 1.96. The highest BCUT2D eigenvalue weighted by Gasteiger charge is 2.05. The van der Waals surface area contributed by atoms with Gasteiger partial charge in [-0.15, -0.1) is 0 Å². The van der Waals surface area contributed by atoms with E-state index in [2.05, 4.69) is 15.3 Å². The van der Waals surface area contributed by atoms with E-state index in [1.807, 2.05) is 30.3 Å². The number of aromatic nitrogens is 2. The summed E-state index contributed by atoms with van der Waals surface area (Å²) in [4.78, 5) is 18.9. The molecule has 98 valence electrons. The maximum Gasteiger partial charge on any atom is 0.354 e. The smallest absolute Gasteiger partial charge is 0.354 e. The van der Waals surface area contributed by atoms with Gasteiger partial charge in [-0.1, -0.05) is 6.07 Å². The quantitative estimate of drug-likeness (QED) is 0.761. The number of carboxylic acid groups (broad SMARTS) is 1. The fourth-order valence-electron chi connectivity index (χ4n) is 1.96. The molecule has 0 radical (unpaired) electrons. The zero-order chi connectivity index (χ0) is 13.9. The largest absolute Gasteiger partial charge is 0.477 e. The third kappa shape index (κ3) is 2.29. The van der Waals surface area contributed by atoms with Gasteiger partial charge in [0.25, 0.3) is 0 Å². The number of rotatable bonds is 3. The summed E-state index contributed by atoms with van der Waals surface area (Å²) in [6.45, 7) is 0. The zero-order valence-corrected chi connectivity index (χ0v) is 10.4. The van der Waals surface area contributed by atoms with Crippen LogP contribution in [0.2, 0.25) is 0 Å². The molecule has 20 heavy (non-hydrogen) atoms. The number of anilines is 2. The number of benzene rings is 1. The second-order valence-corrected chi connectivity index (χ2v) is 4.24. The van der Waals surface area contributed by atoms with E-state index in [0.717, 1.165) is 22.3 Å². The van der Waals surface area contributed by atoms with Gasteiger partial charge in [0, 0.05) is 17.3 Å². The van der Waals surface area contributed by atoms with Gasteiger partial charge in [-0.25, -0.2) is 9.78 Å². The van der Waals surface area contributed by atoms with Crippen molar-refractivity contribution in [3.05, 3.63) is 60.6 Å². The van der Waals surface area contributed by atoms with Gasteiger partial charge < -0.3 is 10.4 Å². The first-order valence-electron chi connectivity index (χ1n) is 6.04. The third-order valence-corrected chi connectivity index (χ3v) is 2.91. The minimum absolute atomic E-state index is 0.0233. The molecular formula is C15H11N3O2. The van der Waals surface area contributed by atoms with Crippen LogP contribution < -0.4 is 5.32 Å². The molecule has 0 atom stereocenters. The van der Waals surface area contributed by atoms with Crippen LogP contribution in [0, 0.1) is 0 Å². The molecule has 0 aliphatic rings. The van der Waals surface area contributed by atoms with Crippen LogP contribution in [0.15, 0.2) is 54.9 Å². The Morgan fingerprint density at radius 3 is 2.70 bits per heavy atom. The highest BCUT2D eigenvalue weighted by Crippen LogP contribution is 2.24. The molecule has 0 bridgehead atoms. The Morgan fingerprint density at radius 2 is 1.95 bits per heavy atom. The summed E-state index contributed by atoms with van der Waals surface area (Å²) in [7, 11) is 0. The van der Waals surface area contributed by atoms with Crippen molar-refractivity contribution in [3.63, 3.8) is 0 Å². The van der Waals surface area contributed by atoms with E-state index in [9.17, 15) is 4.79 Å². The molecule has 0 saturated heterocycles. The topological polar surface area (TPSA) is 75.1 Å². The van der Waals surface area contributed by atoms with Gasteiger partial charge in [0.05, 0.1) is 17.4 Å². The van der Waals surface area contributed by atoms with Crippen molar-refractivity contribution in [1.82, 2.24) is 9.97 Å². The highest BCUT2D eigenvalue weighted by atomic mass is 16.4. The average molecular weight is 265 g/mol. The maximum atomic E-state index is 10.8. The van der Waals surface area contributed by atoms with Crippen molar-refractivity contribution >= 4 is 28.2 Å². The van der Waals surface area contributed by atoms with Crippen molar-refractivity contribution < 1.29 is 9.90 Å². The summed E-state index contributed by atoms with van der Waals surface area (Å²) in [6.07, 6.45) is 3.24. The normalized spacial score (nSPS) is 10.4. The van der Waals surface area contributed by atoms with Crippen LogP contribution in [0.4, 0.5) is 11.4 Å². The molecule has 2 heterocycles. The summed E-state index contributed by atoms with van der Waals surface area (Å²) in [5.41, 5.74) is 2.55. The van der Waals surface area contributed by atoms with Gasteiger partial charge in [0.1, 0.15) is 5.69 Å². The molecular weight excluding hydrogens is 254 g/mol. The molecule has 5 nitrogen and oxygen atoms in total. The molecule has 2 aromatic heterocycles. The third-order valence-electron chi connectivity index (χ3n) is 2.91. The predicted molar refractivity (Wildman–Crippen MR) is 76.2 cm³/mol. The predicted octanol–water partition coefficient (Wildman–Crippen LogP) is 3.07. The average Bonchev–Trinajstić information content (AvgIpc) is 2.48. The van der Waals surface area contributed by atoms with Gasteiger partial charge in [-0.3, -0.25) is 4.98 Å². The van der Waals surface area contributed by atoms with Crippen LogP contribution >= 0.6 is 0 Å². The lowest BCUT2D eigenvalue weighted by atomic mass is 10.2. The summed E-state index contributed by atoms with van der Waals surface area (Å²) in [5, 5.41) is 13.0. The number of aromatic carboxylic acids is 1. The van der Waals surface area contributed by atoms with E-state index in [1.54, 1.807) is 12.3 Å². The van der Waals surface area contributed by atoms with Crippen molar-refractivity contribution in [3.8, 4) is 0 Å². The summed E-state index contributed by atoms with van der Waals surface area (Å²) in [5.74, 6) is -1.04. The zero-order valence-electron chi connectivity index (χ0n) is 10.4. The highest BCUT2D eigenvalue weighted by molar-refractivity contribution is 5.93. The first kappa shape index (κ1) is 12.1. The van der Waals surface area contributed by atoms with Crippen molar-refractivity contribution in [1.29, 1.82) is 0 Å². The Hall–Kier alpha value is -2.95. The molecule has 3 aromatic rings. The van der Waals surface area contributed by atoms with Crippen molar-refractivity contribution in [2.75, 3.05) is 5.32 Å². The summed E-state index contributed by atoms with van der Waals surface area (Å²) >= 11 is 0. The number of hydrogen-bond donors (Lipinski definition) is 2. The van der Waals surface area contributed by atoms with Gasteiger partial charge in [0.2, 0.25) is 0 Å². The Morgan fingerprint density at radius 1 is 1.05 bits per heavy atom. The molecule has 0 aliphatic heterocycles. The Kier molecular flexibility index (Phi) is 3.01. The van der Waals surface area contributed by atoms with E-state index in [0.29, 0.717) is 0 Å². The first-order valence-corrected chi connectivity index (χ1v) is 6.04. The molecule has 0 saturated carbocycles. The van der Waals surface area contributed by atoms with Gasteiger partial charge in [-0.2, -0.15) is 0 Å². The standard InChI is InChI=1S/C15H11N3O2/c19-15(20)14-7-6-10(9-17-14)18-13-5-1-4-12-11(13)3-2-8-16-12/h1-9,18H,(H,19,20). The number of nitrogens with zero attached hydrogens (tertiary/aromatic N) is 2. The van der Waals surface area contributed by atoms with Gasteiger partial charge in [-0.05, 0) is 36.4 Å². The minimum atomic E-state index is -1.04. The molecule has 0 fully saturated rings. The monoisotopic (exact) mass is 265 g/mol. The van der Waals surface area contributed by atoms with Crippen LogP contribution in [-0.2, 0) is 0 Å². The SMILES string of the molecule is O=C(O)c1ccc(Nc2cccc3ncccc23)cn1. The molecule has 0 unspecified atom stereocenters. The number of nitrogens with one attached hydrogen (secondary N) is 1. The molecule has 1 aromatic carbocycles. The molecule has 0 spiro atoms. The van der Waals surface area contributed by atoms with Crippen LogP contribution in [0.25, 0.3) is 10.9 Å². The summed E-state index contributed by atoms with van der Waals surface area (Å²) in [6, 6.07) is 12.8. The van der Waals surface area contributed by atoms with Crippen molar-refractivity contribution in [2.24, 2.45) is 0 Å². The molecule has 5 heteroatoms. The van der Waals surface area contributed by atoms with E-state index in [4.69, 9.17) is 5.11 Å². The molecule has 0 aliphatic carbocycles. The van der Waals surface area contributed by atoms with Crippen LogP contribution in [-0.4, -0.2) is 21.0 Å². The minimum Gasteiger partial charge on any atom is -0.477 e. The lowest BCUT2D eigenvalue weighted by Crippen LogP contribution is -2.00. The van der Waals surface area contributed by atoms with E-state index >= 15 is 0 Å². The Balaban J connectivity index is 1.95. The second kappa shape index (κ2) is 4.97. The Bertz CT molecular complexity index is 764. The second-order valence-electron chi connectivity index (χ2n) is 4.24. The summed E-state index contributed by atoms with van der Waals surface area (Å²) < 4.78 is 0. The number of carboxylic acids is 1. The van der Waals surface area contributed by atoms with E-state index in [-0.39, 0.29) is 5.69 Å². The maximum absolute atomic E-state index is 10.8. The van der Waals surface area contributed by atoms with Crippen LogP contribution in [0.1, 0.15) is 10.5 Å². The van der Waals surface area contributed by atoms with Gasteiger partial charge >= 0.3 is 5.97 Å². The van der Waals surface area contributed by atoms with Crippen molar-refractivity contribution in [2.45, 2.75) is 0 Å². The number of carbonyl (C=O) groups is 1. The van der Waals surface area contributed by atoms with Gasteiger partial charge in [0.15, 0.2) is 0 Å². The fraction of sp³-hybridized carbons (Fsp3) is 0. The number of fused-ring (bicyclic) bond motifs is 1. The molecule has 3 rings (SSSR count). The molecule has 0 amide bonds. The Labute approximate surface area is 114 Å².